The Morgan fingerprint density at radius 1 is 1.12 bits per heavy atom. The second kappa shape index (κ2) is 9.87. The van der Waals surface area contributed by atoms with E-state index < -0.39 is 6.10 Å². The molecule has 6 heteroatoms. The first-order valence-corrected chi connectivity index (χ1v) is 11.9. The van der Waals surface area contributed by atoms with Gasteiger partial charge in [0.15, 0.2) is 5.82 Å². The van der Waals surface area contributed by atoms with Crippen molar-refractivity contribution in [2.75, 3.05) is 18.0 Å². The number of aryl methyl sites for hydroxylation is 2. The Bertz CT molecular complexity index is 1140. The van der Waals surface area contributed by atoms with Crippen LogP contribution in [0, 0.1) is 19.8 Å². The van der Waals surface area contributed by atoms with E-state index in [2.05, 4.69) is 54.4 Å². The summed E-state index contributed by atoms with van der Waals surface area (Å²) >= 11 is 0. The zero-order valence-corrected chi connectivity index (χ0v) is 20.0. The number of benzene rings is 2. The van der Waals surface area contributed by atoms with Crippen LogP contribution in [0.5, 0.6) is 0 Å². The van der Waals surface area contributed by atoms with Crippen LogP contribution in [0.2, 0.25) is 0 Å². The van der Waals surface area contributed by atoms with Crippen LogP contribution in [0.4, 0.5) is 5.82 Å². The Balaban J connectivity index is 1.56. The highest BCUT2D eigenvalue weighted by Crippen LogP contribution is 2.31. The Labute approximate surface area is 196 Å². The normalized spacial score (nSPS) is 15.8. The Morgan fingerprint density at radius 2 is 1.85 bits per heavy atom. The highest BCUT2D eigenvalue weighted by atomic mass is 16.3. The Kier molecular flexibility index (Phi) is 6.94. The second-order valence-electron chi connectivity index (χ2n) is 9.62. The van der Waals surface area contributed by atoms with E-state index in [9.17, 15) is 9.90 Å². The van der Waals surface area contributed by atoms with Gasteiger partial charge in [-0.25, -0.2) is 9.97 Å². The molecule has 0 aliphatic carbocycles. The first kappa shape index (κ1) is 23.2. The number of anilines is 1. The zero-order chi connectivity index (χ0) is 23.5. The summed E-state index contributed by atoms with van der Waals surface area (Å²) in [5, 5.41) is 14.2. The summed E-state index contributed by atoms with van der Waals surface area (Å²) in [6, 6.07) is 14.6. The van der Waals surface area contributed by atoms with Gasteiger partial charge in [-0.1, -0.05) is 44.2 Å². The van der Waals surface area contributed by atoms with Gasteiger partial charge in [0.25, 0.3) is 0 Å². The van der Waals surface area contributed by atoms with Crippen molar-refractivity contribution in [3.63, 3.8) is 0 Å². The van der Waals surface area contributed by atoms with Crippen molar-refractivity contribution in [1.82, 2.24) is 15.3 Å². The molecule has 3 aromatic rings. The van der Waals surface area contributed by atoms with Gasteiger partial charge in [-0.3, -0.25) is 4.79 Å². The predicted molar refractivity (Wildman–Crippen MR) is 133 cm³/mol. The maximum atomic E-state index is 12.3. The monoisotopic (exact) mass is 446 g/mol. The number of aromatic nitrogens is 2. The van der Waals surface area contributed by atoms with Crippen molar-refractivity contribution in [1.29, 1.82) is 0 Å². The van der Waals surface area contributed by atoms with Gasteiger partial charge < -0.3 is 15.3 Å². The number of nitrogens with zero attached hydrogens (tertiary/aromatic N) is 3. The lowest BCUT2D eigenvalue weighted by molar-refractivity contribution is -0.130. The minimum atomic E-state index is -0.936. The summed E-state index contributed by atoms with van der Waals surface area (Å²) in [6.45, 7) is 9.76. The molecule has 0 bridgehead atoms. The van der Waals surface area contributed by atoms with Crippen molar-refractivity contribution in [3.8, 4) is 11.4 Å². The molecule has 2 N–H and O–H groups in total. The standard InChI is InChI=1S/C27H34N4O2/c1-17(2)15-24(32)27(33)28-20-11-13-31(14-12-20)26-22-10-9-18(3)16-23(22)29-25(30-26)21-8-6-5-7-19(21)4/h5-10,16-17,20,24,32H,11-15H2,1-4H3,(H,28,33)/t24-/m0/s1. The highest BCUT2D eigenvalue weighted by molar-refractivity contribution is 5.91. The molecule has 6 nitrogen and oxygen atoms in total. The number of aliphatic hydroxyl groups excluding tert-OH is 1. The highest BCUT2D eigenvalue weighted by Gasteiger charge is 2.26. The van der Waals surface area contributed by atoms with Crippen molar-refractivity contribution < 1.29 is 9.90 Å². The number of carbonyl (C=O) groups is 1. The van der Waals surface area contributed by atoms with E-state index in [1.54, 1.807) is 0 Å². The van der Waals surface area contributed by atoms with Crippen LogP contribution in [-0.4, -0.2) is 46.2 Å². The van der Waals surface area contributed by atoms with Crippen LogP contribution in [0.25, 0.3) is 22.3 Å². The van der Waals surface area contributed by atoms with Gasteiger partial charge in [0.05, 0.1) is 5.52 Å². The molecule has 1 aliphatic rings. The summed E-state index contributed by atoms with van der Waals surface area (Å²) in [7, 11) is 0. The Morgan fingerprint density at radius 3 is 2.55 bits per heavy atom. The molecular formula is C27H34N4O2. The summed E-state index contributed by atoms with van der Waals surface area (Å²) < 4.78 is 0. The van der Waals surface area contributed by atoms with Gasteiger partial charge in [0.2, 0.25) is 5.91 Å². The molecule has 1 saturated heterocycles. The fraction of sp³-hybridized carbons (Fsp3) is 0.444. The van der Waals surface area contributed by atoms with Gasteiger partial charge in [-0.2, -0.15) is 0 Å². The number of fused-ring (bicyclic) bond motifs is 1. The van der Waals surface area contributed by atoms with E-state index >= 15 is 0 Å². The maximum absolute atomic E-state index is 12.3. The van der Waals surface area contributed by atoms with E-state index in [1.807, 2.05) is 26.0 Å². The van der Waals surface area contributed by atoms with Crippen LogP contribution in [0.15, 0.2) is 42.5 Å². The number of nitrogens with one attached hydrogen (secondary N) is 1. The van der Waals surface area contributed by atoms with Crippen molar-refractivity contribution in [3.05, 3.63) is 53.6 Å². The molecule has 2 aromatic carbocycles. The number of piperidine rings is 1. The topological polar surface area (TPSA) is 78.4 Å². The zero-order valence-electron chi connectivity index (χ0n) is 20.0. The Hall–Kier alpha value is -2.99. The smallest absolute Gasteiger partial charge is 0.249 e. The summed E-state index contributed by atoms with van der Waals surface area (Å²) in [4.78, 5) is 24.6. The lowest BCUT2D eigenvalue weighted by atomic mass is 10.0. The second-order valence-corrected chi connectivity index (χ2v) is 9.62. The van der Waals surface area contributed by atoms with Crippen molar-refractivity contribution in [2.24, 2.45) is 5.92 Å². The molecule has 4 rings (SSSR count). The lowest BCUT2D eigenvalue weighted by Crippen LogP contribution is -2.48. The minimum absolute atomic E-state index is 0.0711. The molecule has 33 heavy (non-hydrogen) atoms. The van der Waals surface area contributed by atoms with Crippen molar-refractivity contribution in [2.45, 2.75) is 59.1 Å². The van der Waals surface area contributed by atoms with E-state index in [0.717, 1.165) is 59.6 Å². The molecule has 1 aliphatic heterocycles. The summed E-state index contributed by atoms with van der Waals surface area (Å²) in [6.07, 6.45) is 1.18. The third-order valence-electron chi connectivity index (χ3n) is 6.36. The van der Waals surface area contributed by atoms with Gasteiger partial charge in [0, 0.05) is 30.1 Å². The summed E-state index contributed by atoms with van der Waals surface area (Å²) in [5.41, 5.74) is 4.31. The van der Waals surface area contributed by atoms with Crippen molar-refractivity contribution >= 4 is 22.6 Å². The molecule has 1 fully saturated rings. The first-order chi connectivity index (χ1) is 15.8. The molecule has 0 radical (unpaired) electrons. The number of hydrogen-bond donors (Lipinski definition) is 2. The number of amides is 1. The van der Waals surface area contributed by atoms with Crippen LogP contribution in [0.3, 0.4) is 0 Å². The fourth-order valence-corrected chi connectivity index (χ4v) is 4.49. The van der Waals surface area contributed by atoms with E-state index in [0.29, 0.717) is 6.42 Å². The lowest BCUT2D eigenvalue weighted by Gasteiger charge is -2.34. The number of hydrogen-bond acceptors (Lipinski definition) is 5. The van der Waals surface area contributed by atoms with Crippen LogP contribution >= 0.6 is 0 Å². The van der Waals surface area contributed by atoms with E-state index in [1.165, 1.54) is 5.56 Å². The van der Waals surface area contributed by atoms with Gasteiger partial charge in [-0.15, -0.1) is 0 Å². The molecule has 174 valence electrons. The number of carbonyl (C=O) groups excluding carboxylic acids is 1. The molecule has 1 atom stereocenters. The average molecular weight is 447 g/mol. The van der Waals surface area contributed by atoms with Gasteiger partial charge in [0.1, 0.15) is 11.9 Å². The maximum Gasteiger partial charge on any atom is 0.249 e. The third-order valence-corrected chi connectivity index (χ3v) is 6.36. The molecule has 0 saturated carbocycles. The van der Waals surface area contributed by atoms with E-state index in [-0.39, 0.29) is 17.9 Å². The minimum Gasteiger partial charge on any atom is -0.383 e. The molecule has 2 heterocycles. The fourth-order valence-electron chi connectivity index (χ4n) is 4.49. The molecule has 1 aromatic heterocycles. The first-order valence-electron chi connectivity index (χ1n) is 11.9. The van der Waals surface area contributed by atoms with Crippen LogP contribution in [-0.2, 0) is 4.79 Å². The SMILES string of the molecule is Cc1ccc2c(N3CCC(NC(=O)[C@@H](O)CC(C)C)CC3)nc(-c3ccccc3C)nc2c1. The average Bonchev–Trinajstić information content (AvgIpc) is 2.78. The quantitative estimate of drug-likeness (QED) is 0.587. The van der Waals surface area contributed by atoms with Gasteiger partial charge >= 0.3 is 0 Å². The molecular weight excluding hydrogens is 412 g/mol. The largest absolute Gasteiger partial charge is 0.383 e. The number of rotatable bonds is 6. The predicted octanol–water partition coefficient (Wildman–Crippen LogP) is 4.41. The molecule has 1 amide bonds. The van der Waals surface area contributed by atoms with E-state index in [4.69, 9.17) is 9.97 Å². The summed E-state index contributed by atoms with van der Waals surface area (Å²) in [5.74, 6) is 1.72. The molecule has 0 spiro atoms. The molecule has 0 unspecified atom stereocenters. The van der Waals surface area contributed by atoms with Crippen LogP contribution in [0.1, 0.15) is 44.2 Å². The third kappa shape index (κ3) is 5.33. The van der Waals surface area contributed by atoms with Gasteiger partial charge in [-0.05, 0) is 62.3 Å². The number of aliphatic hydroxyl groups is 1. The van der Waals surface area contributed by atoms with Crippen LogP contribution < -0.4 is 10.2 Å².